The maximum atomic E-state index is 11.1. The number of aliphatic carboxylic acids is 1. The van der Waals surface area contributed by atoms with E-state index in [1.807, 2.05) is 26.0 Å². The van der Waals surface area contributed by atoms with Gasteiger partial charge in [-0.25, -0.2) is 4.79 Å². The average molecular weight is 604 g/mol. The molecule has 0 aliphatic rings. The summed E-state index contributed by atoms with van der Waals surface area (Å²) in [4.78, 5) is 21.9. The minimum absolute atomic E-state index is 0.0313. The fourth-order valence-corrected chi connectivity index (χ4v) is 4.87. The third kappa shape index (κ3) is 6.96. The van der Waals surface area contributed by atoms with Crippen molar-refractivity contribution in [3.8, 4) is 17.2 Å². The lowest BCUT2D eigenvalue weighted by atomic mass is 9.98. The van der Waals surface area contributed by atoms with Crippen molar-refractivity contribution in [1.82, 2.24) is 0 Å². The summed E-state index contributed by atoms with van der Waals surface area (Å²) in [7, 11) is 0. The molecule has 0 saturated heterocycles. The zero-order chi connectivity index (χ0) is 25.7. The number of carboxylic acids is 2. The summed E-state index contributed by atoms with van der Waals surface area (Å²) in [5.41, 5.74) is 3.11. The monoisotopic (exact) mass is 602 g/mol. The molecule has 0 amide bonds. The number of halogens is 2. The number of aromatic hydroxyl groups is 1. The van der Waals surface area contributed by atoms with E-state index in [1.54, 1.807) is 36.4 Å². The molecule has 0 heterocycles. The number of phenolic OH excluding ortho intramolecular Hbond substituents is 1. The van der Waals surface area contributed by atoms with Crippen LogP contribution in [0.5, 0.6) is 17.2 Å². The number of hydrogen-bond acceptors (Lipinski definition) is 4. The largest absolute Gasteiger partial charge is 0.507 e. The van der Waals surface area contributed by atoms with Crippen LogP contribution in [0.25, 0.3) is 12.2 Å². The Bertz CT molecular complexity index is 1260. The molecule has 0 unspecified atom stereocenters. The van der Waals surface area contributed by atoms with Gasteiger partial charge in [-0.2, -0.15) is 0 Å². The second kappa shape index (κ2) is 11.6. The van der Waals surface area contributed by atoms with E-state index >= 15 is 0 Å². The summed E-state index contributed by atoms with van der Waals surface area (Å²) < 4.78 is 7.52. The molecule has 0 aliphatic carbocycles. The number of phenols is 1. The van der Waals surface area contributed by atoms with E-state index < -0.39 is 11.9 Å². The van der Waals surface area contributed by atoms with Gasteiger partial charge in [-0.05, 0) is 91.7 Å². The van der Waals surface area contributed by atoms with Gasteiger partial charge in [0.05, 0.1) is 14.5 Å². The number of rotatable bonds is 9. The minimum Gasteiger partial charge on any atom is -0.507 e. The van der Waals surface area contributed by atoms with Crippen LogP contribution in [-0.2, 0) is 11.2 Å². The van der Waals surface area contributed by atoms with E-state index in [0.29, 0.717) is 38.0 Å². The minimum atomic E-state index is -0.989. The number of aromatic carboxylic acids is 1. The molecule has 0 atom stereocenters. The van der Waals surface area contributed by atoms with Crippen LogP contribution in [0, 0.1) is 0 Å². The average Bonchev–Trinajstić information content (AvgIpc) is 2.80. The maximum Gasteiger partial charge on any atom is 0.335 e. The fourth-order valence-electron chi connectivity index (χ4n) is 3.42. The molecule has 0 saturated carbocycles. The van der Waals surface area contributed by atoms with Gasteiger partial charge in [0.25, 0.3) is 0 Å². The van der Waals surface area contributed by atoms with Crippen LogP contribution in [0.2, 0.25) is 0 Å². The first-order valence-corrected chi connectivity index (χ1v) is 12.4. The maximum absolute atomic E-state index is 11.1. The lowest BCUT2D eigenvalue weighted by Gasteiger charge is -2.16. The molecule has 0 aliphatic heterocycles. The number of benzene rings is 3. The molecule has 0 fully saturated rings. The van der Waals surface area contributed by atoms with Crippen molar-refractivity contribution in [1.29, 1.82) is 0 Å². The highest BCUT2D eigenvalue weighted by molar-refractivity contribution is 9.11. The van der Waals surface area contributed by atoms with Gasteiger partial charge in [0.15, 0.2) is 5.75 Å². The van der Waals surface area contributed by atoms with Crippen molar-refractivity contribution in [2.75, 3.05) is 0 Å². The van der Waals surface area contributed by atoms with Crippen molar-refractivity contribution < 1.29 is 29.6 Å². The summed E-state index contributed by atoms with van der Waals surface area (Å²) in [6.07, 6.45) is 3.97. The number of ether oxygens (including phenoxy) is 1. The topological polar surface area (TPSA) is 104 Å². The predicted molar refractivity (Wildman–Crippen MR) is 142 cm³/mol. The van der Waals surface area contributed by atoms with E-state index in [2.05, 4.69) is 31.9 Å². The van der Waals surface area contributed by atoms with Crippen LogP contribution in [0.3, 0.4) is 0 Å². The molecule has 182 valence electrons. The zero-order valence-corrected chi connectivity index (χ0v) is 22.3. The summed E-state index contributed by atoms with van der Waals surface area (Å²) in [6, 6.07) is 13.6. The molecule has 3 aromatic rings. The Balaban J connectivity index is 1.93. The van der Waals surface area contributed by atoms with Crippen LogP contribution < -0.4 is 4.74 Å². The molecule has 3 rings (SSSR count). The Morgan fingerprint density at radius 2 is 1.60 bits per heavy atom. The molecule has 6 nitrogen and oxygen atoms in total. The summed E-state index contributed by atoms with van der Waals surface area (Å²) in [5, 5.41) is 28.8. The Morgan fingerprint density at radius 3 is 2.14 bits per heavy atom. The van der Waals surface area contributed by atoms with Crippen LogP contribution in [0.4, 0.5) is 0 Å². The molecular formula is C27H24Br2O6. The highest BCUT2D eigenvalue weighted by Crippen LogP contribution is 2.41. The Morgan fingerprint density at radius 1 is 0.971 bits per heavy atom. The Labute approximate surface area is 220 Å². The van der Waals surface area contributed by atoms with Gasteiger partial charge < -0.3 is 20.1 Å². The molecule has 0 radical (unpaired) electrons. The van der Waals surface area contributed by atoms with Crippen molar-refractivity contribution in [2.45, 2.75) is 32.6 Å². The molecule has 0 bridgehead atoms. The Hall–Kier alpha value is -3.10. The standard InChI is InChI=1S/C27H24Br2O6/c1-15(2)21-14-20(35-26-22(28)11-17(12-23(26)29)6-10-24(30)31)13-19(25(21)32)9-5-16-3-7-18(8-4-16)27(33)34/h3-5,7-9,11-15,32H,6,10H2,1-2H3,(H,30,31)(H,33,34). The van der Waals surface area contributed by atoms with E-state index in [4.69, 9.17) is 14.9 Å². The lowest BCUT2D eigenvalue weighted by molar-refractivity contribution is -0.136. The summed E-state index contributed by atoms with van der Waals surface area (Å²) in [5.74, 6) is -0.618. The van der Waals surface area contributed by atoms with Gasteiger partial charge in [-0.3, -0.25) is 4.79 Å². The van der Waals surface area contributed by atoms with Crippen LogP contribution in [-0.4, -0.2) is 27.3 Å². The zero-order valence-electron chi connectivity index (χ0n) is 19.1. The summed E-state index contributed by atoms with van der Waals surface area (Å²) in [6.45, 7) is 3.94. The molecule has 8 heteroatoms. The summed E-state index contributed by atoms with van der Waals surface area (Å²) >= 11 is 7.03. The van der Waals surface area contributed by atoms with Gasteiger partial charge in [-0.1, -0.05) is 38.1 Å². The second-order valence-corrected chi connectivity index (χ2v) is 9.96. The van der Waals surface area contributed by atoms with E-state index in [9.17, 15) is 14.7 Å². The van der Waals surface area contributed by atoms with Crippen LogP contribution in [0.15, 0.2) is 57.5 Å². The lowest BCUT2D eigenvalue weighted by Crippen LogP contribution is -1.98. The van der Waals surface area contributed by atoms with Gasteiger partial charge in [0.2, 0.25) is 0 Å². The Kier molecular flexibility index (Phi) is 8.75. The first-order valence-electron chi connectivity index (χ1n) is 10.8. The van der Waals surface area contributed by atoms with E-state index in [-0.39, 0.29) is 23.7 Å². The molecule has 0 aromatic heterocycles. The third-order valence-corrected chi connectivity index (χ3v) is 6.46. The predicted octanol–water partition coefficient (Wildman–Crippen LogP) is 7.72. The van der Waals surface area contributed by atoms with Gasteiger partial charge in [0, 0.05) is 17.5 Å². The number of carbonyl (C=O) groups is 2. The number of carboxylic acid groups (broad SMARTS) is 2. The normalized spacial score (nSPS) is 11.2. The number of aryl methyl sites for hydroxylation is 1. The van der Waals surface area contributed by atoms with Crippen LogP contribution in [0.1, 0.15) is 58.8 Å². The van der Waals surface area contributed by atoms with Crippen molar-refractivity contribution in [2.24, 2.45) is 0 Å². The molecule has 0 spiro atoms. The van der Waals surface area contributed by atoms with Crippen molar-refractivity contribution >= 4 is 56.0 Å². The second-order valence-electron chi connectivity index (χ2n) is 8.25. The van der Waals surface area contributed by atoms with E-state index in [1.165, 1.54) is 12.1 Å². The molecule has 3 aromatic carbocycles. The highest BCUT2D eigenvalue weighted by atomic mass is 79.9. The highest BCUT2D eigenvalue weighted by Gasteiger charge is 2.16. The molecular weight excluding hydrogens is 580 g/mol. The van der Waals surface area contributed by atoms with Gasteiger partial charge >= 0.3 is 11.9 Å². The van der Waals surface area contributed by atoms with Gasteiger partial charge in [-0.15, -0.1) is 0 Å². The van der Waals surface area contributed by atoms with Crippen molar-refractivity contribution in [3.05, 3.63) is 85.3 Å². The number of hydrogen-bond donors (Lipinski definition) is 3. The quantitative estimate of drug-likeness (QED) is 0.216. The fraction of sp³-hybridized carbons (Fsp3) is 0.185. The molecule has 3 N–H and O–H groups in total. The first kappa shape index (κ1) is 26.5. The van der Waals surface area contributed by atoms with Gasteiger partial charge in [0.1, 0.15) is 11.5 Å². The van der Waals surface area contributed by atoms with Crippen LogP contribution >= 0.6 is 31.9 Å². The third-order valence-electron chi connectivity index (χ3n) is 5.28. The molecule has 35 heavy (non-hydrogen) atoms. The smallest absolute Gasteiger partial charge is 0.335 e. The van der Waals surface area contributed by atoms with Crippen molar-refractivity contribution in [3.63, 3.8) is 0 Å². The SMILES string of the molecule is CC(C)c1cc(Oc2c(Br)cc(CCC(=O)O)cc2Br)cc(C=Cc2ccc(C(=O)O)cc2)c1O. The first-order chi connectivity index (χ1) is 16.5. The van der Waals surface area contributed by atoms with E-state index in [0.717, 1.165) is 11.1 Å².